The van der Waals surface area contributed by atoms with Gasteiger partial charge in [0.05, 0.1) is 0 Å². The van der Waals surface area contributed by atoms with E-state index in [4.69, 9.17) is 5.11 Å². The molecule has 0 unspecified atom stereocenters. The molecule has 0 fully saturated rings. The normalized spacial score (nSPS) is 10.7. The minimum atomic E-state index is -0.903. The number of unbranched alkanes of at least 4 members (excludes halogenated alkanes) is 43. The summed E-state index contributed by atoms with van der Waals surface area (Å²) in [5.74, 6) is -1.81. The average molecular weight is 901 g/mol. The molecule has 1 N–H and O–H groups in total. The van der Waals surface area contributed by atoms with Gasteiger partial charge in [0.1, 0.15) is 0 Å². The molecule has 60 heavy (non-hydrogen) atoms. The van der Waals surface area contributed by atoms with Gasteiger partial charge in [-0.15, -0.1) is 0 Å². The molecule has 6 heteroatoms. The molecular weight excluding hydrogens is 792 g/mol. The van der Waals surface area contributed by atoms with E-state index >= 15 is 0 Å². The first kappa shape index (κ1) is 66.0. The number of carbonyl (C=O) groups is 2. The summed E-state index contributed by atoms with van der Waals surface area (Å²) >= 11 is 0. The molecule has 0 aliphatic rings. The number of hydrogen-bond acceptors (Lipinski definition) is 5. The second kappa shape index (κ2) is 65.0. The van der Waals surface area contributed by atoms with E-state index in [1.807, 2.05) is 0 Å². The van der Waals surface area contributed by atoms with Crippen molar-refractivity contribution in [3.63, 3.8) is 0 Å². The molecule has 0 aliphatic heterocycles. The number of aliphatic hydroxyl groups excluding tert-OH is 1. The monoisotopic (exact) mass is 900 g/mol. The number of rotatable bonds is 48. The summed E-state index contributed by atoms with van der Waals surface area (Å²) in [7, 11) is 0. The Morgan fingerprint density at radius 1 is 0.267 bits per heavy atom. The van der Waals surface area contributed by atoms with Crippen LogP contribution < -0.4 is 10.2 Å². The third-order valence-corrected chi connectivity index (χ3v) is 12.0. The van der Waals surface area contributed by atoms with E-state index in [-0.39, 0.29) is 29.9 Å². The van der Waals surface area contributed by atoms with Crippen LogP contribution in [0.2, 0.25) is 0 Å². The maximum absolute atomic E-state index is 10.2. The van der Waals surface area contributed by atoms with Crippen molar-refractivity contribution >= 4 is 11.9 Å². The summed E-state index contributed by atoms with van der Waals surface area (Å²) in [6.45, 7) is 7.19. The molecule has 365 valence electrons. The summed E-state index contributed by atoms with van der Waals surface area (Å²) in [5.41, 5.74) is 0. The second-order valence-corrected chi connectivity index (χ2v) is 18.2. The first-order valence-corrected chi connectivity index (χ1v) is 27.0. The Labute approximate surface area is 387 Å². The fraction of sp³-hybridized carbons (Fsp3) is 0.963. The fourth-order valence-corrected chi connectivity index (χ4v) is 7.94. The van der Waals surface area contributed by atoms with Crippen LogP contribution in [0, 0.1) is 0 Å². The SMILES string of the molecule is CCCCCCCCCCCCCCCCCC(=O)[O-].CCCCCCCCCCCCCCCCCC(=O)[O-].CCCCCCCCCCCCCCCCCCO.[Cu+2]. The van der Waals surface area contributed by atoms with Gasteiger partial charge in [0.25, 0.3) is 0 Å². The van der Waals surface area contributed by atoms with Gasteiger partial charge in [-0.3, -0.25) is 0 Å². The topological polar surface area (TPSA) is 100 Å². The Hall–Kier alpha value is -0.581. The summed E-state index contributed by atoms with van der Waals surface area (Å²) in [6, 6.07) is 0. The van der Waals surface area contributed by atoms with Gasteiger partial charge in [-0.2, -0.15) is 0 Å². The van der Waals surface area contributed by atoms with Crippen LogP contribution in [0.5, 0.6) is 0 Å². The first-order chi connectivity index (χ1) is 29.0. The molecule has 0 rings (SSSR count). The first-order valence-electron chi connectivity index (χ1n) is 27.0. The summed E-state index contributed by atoms with van der Waals surface area (Å²) in [6.07, 6.45) is 61.9. The van der Waals surface area contributed by atoms with Gasteiger partial charge in [0, 0.05) is 18.5 Å². The molecule has 0 bridgehead atoms. The van der Waals surface area contributed by atoms with E-state index in [9.17, 15) is 19.8 Å². The molecule has 0 saturated heterocycles. The molecule has 1 radical (unpaired) electrons. The largest absolute Gasteiger partial charge is 2.00 e. The molecule has 0 saturated carbocycles. The van der Waals surface area contributed by atoms with Crippen molar-refractivity contribution in [3.8, 4) is 0 Å². The molecule has 0 spiro atoms. The quantitative estimate of drug-likeness (QED) is 0.0484. The number of aliphatic carboxylic acids is 2. The predicted octanol–water partition coefficient (Wildman–Crippen LogP) is 16.2. The van der Waals surface area contributed by atoms with Crippen LogP contribution in [-0.2, 0) is 26.7 Å². The molecule has 0 aromatic carbocycles. The standard InChI is InChI=1S/2C18H36O2.C18H38O.Cu/c2*1-2-3-4-5-6-7-8-9-10-11-12-13-14-15-16-17-18(19)20;1-2-3-4-5-6-7-8-9-10-11-12-13-14-15-16-17-18-19;/h2*2-17H2,1H3,(H,19,20);19H,2-18H2,1H3;/q;;;+2/p-2. The zero-order chi connectivity index (χ0) is 43.8. The van der Waals surface area contributed by atoms with Crippen LogP contribution >= 0.6 is 0 Å². The van der Waals surface area contributed by atoms with Crippen molar-refractivity contribution in [2.24, 2.45) is 0 Å². The van der Waals surface area contributed by atoms with Gasteiger partial charge in [0.2, 0.25) is 0 Å². The number of carbonyl (C=O) groups excluding carboxylic acids is 2. The van der Waals surface area contributed by atoms with Crippen molar-refractivity contribution in [1.82, 2.24) is 0 Å². The smallest absolute Gasteiger partial charge is 0.550 e. The van der Waals surface area contributed by atoms with Crippen LogP contribution in [0.15, 0.2) is 0 Å². The average Bonchev–Trinajstić information content (AvgIpc) is 3.22. The molecular formula is C54H108CuO5. The maximum atomic E-state index is 10.2. The van der Waals surface area contributed by atoms with Crippen LogP contribution in [0.1, 0.15) is 329 Å². The number of aliphatic hydroxyl groups is 1. The molecule has 5 nitrogen and oxygen atoms in total. The van der Waals surface area contributed by atoms with E-state index in [2.05, 4.69) is 20.8 Å². The van der Waals surface area contributed by atoms with Gasteiger partial charge in [-0.1, -0.05) is 297 Å². The van der Waals surface area contributed by atoms with Crippen molar-refractivity contribution < 1.29 is 42.0 Å². The Morgan fingerprint density at radius 2 is 0.400 bits per heavy atom. The third kappa shape index (κ3) is 74.8. The predicted molar refractivity (Wildman–Crippen MR) is 256 cm³/mol. The van der Waals surface area contributed by atoms with E-state index in [1.54, 1.807) is 0 Å². The van der Waals surface area contributed by atoms with E-state index in [1.165, 1.54) is 263 Å². The number of carboxylic acids is 2. The van der Waals surface area contributed by atoms with E-state index in [0.717, 1.165) is 32.1 Å². The molecule has 0 aromatic heterocycles. The Bertz CT molecular complexity index is 688. The number of carboxylic acid groups (broad SMARTS) is 2. The molecule has 0 amide bonds. The minimum Gasteiger partial charge on any atom is -0.550 e. The molecule has 0 atom stereocenters. The van der Waals surface area contributed by atoms with E-state index in [0.29, 0.717) is 6.61 Å². The van der Waals surface area contributed by atoms with Gasteiger partial charge in [-0.25, -0.2) is 0 Å². The van der Waals surface area contributed by atoms with Crippen molar-refractivity contribution in [3.05, 3.63) is 0 Å². The van der Waals surface area contributed by atoms with Crippen LogP contribution in [-0.4, -0.2) is 23.7 Å². The van der Waals surface area contributed by atoms with Gasteiger partial charge < -0.3 is 24.9 Å². The summed E-state index contributed by atoms with van der Waals surface area (Å²) in [4.78, 5) is 20.4. The van der Waals surface area contributed by atoms with Gasteiger partial charge in [-0.05, 0) is 32.1 Å². The van der Waals surface area contributed by atoms with Crippen LogP contribution in [0.3, 0.4) is 0 Å². The van der Waals surface area contributed by atoms with E-state index < -0.39 is 11.9 Å². The van der Waals surface area contributed by atoms with Gasteiger partial charge >= 0.3 is 17.1 Å². The second-order valence-electron chi connectivity index (χ2n) is 18.2. The Morgan fingerprint density at radius 3 is 0.533 bits per heavy atom. The third-order valence-electron chi connectivity index (χ3n) is 12.0. The maximum Gasteiger partial charge on any atom is 2.00 e. The summed E-state index contributed by atoms with van der Waals surface area (Å²) in [5, 5.41) is 29.1. The van der Waals surface area contributed by atoms with Crippen molar-refractivity contribution in [1.29, 1.82) is 0 Å². The van der Waals surface area contributed by atoms with Gasteiger partial charge in [0.15, 0.2) is 0 Å². The zero-order valence-corrected chi connectivity index (χ0v) is 42.0. The van der Waals surface area contributed by atoms with Crippen LogP contribution in [0.25, 0.3) is 0 Å². The fourth-order valence-electron chi connectivity index (χ4n) is 7.94. The molecule has 0 aromatic rings. The summed E-state index contributed by atoms with van der Waals surface area (Å²) < 4.78 is 0. The Balaban J connectivity index is -0.000000389. The van der Waals surface area contributed by atoms with Crippen molar-refractivity contribution in [2.45, 2.75) is 329 Å². The molecule has 0 heterocycles. The Kier molecular flexibility index (Phi) is 71.6. The number of hydrogen-bond donors (Lipinski definition) is 1. The van der Waals surface area contributed by atoms with Crippen LogP contribution in [0.4, 0.5) is 0 Å². The minimum absolute atomic E-state index is 0. The zero-order valence-electron chi connectivity index (χ0n) is 41.0. The molecule has 0 aliphatic carbocycles. The van der Waals surface area contributed by atoms with Crippen molar-refractivity contribution in [2.75, 3.05) is 6.61 Å².